The van der Waals surface area contributed by atoms with Gasteiger partial charge in [0.15, 0.2) is 11.5 Å². The van der Waals surface area contributed by atoms with Gasteiger partial charge in [-0.1, -0.05) is 26.8 Å². The highest BCUT2D eigenvalue weighted by atomic mass is 16.6. The van der Waals surface area contributed by atoms with Crippen LogP contribution in [-0.4, -0.2) is 16.9 Å². The number of nitrogens with zero attached hydrogens (tertiary/aromatic N) is 1. The Labute approximate surface area is 167 Å². The Morgan fingerprint density at radius 3 is 2.21 bits per heavy atom. The number of esters is 2. The molecule has 1 heterocycles. The topological polar surface area (TPSA) is 95.7 Å². The molecule has 0 bridgehead atoms. The molecule has 0 aliphatic carbocycles. The molecule has 3 aromatic rings. The van der Waals surface area contributed by atoms with E-state index in [4.69, 9.17) is 13.9 Å². The zero-order valence-corrected chi connectivity index (χ0v) is 16.9. The van der Waals surface area contributed by atoms with Crippen molar-refractivity contribution in [3.05, 3.63) is 52.3 Å². The average molecular weight is 395 g/mol. The highest BCUT2D eigenvalue weighted by Crippen LogP contribution is 2.33. The van der Waals surface area contributed by atoms with Gasteiger partial charge in [0.2, 0.25) is 5.89 Å². The molecule has 3 rings (SSSR count). The molecule has 150 valence electrons. The van der Waals surface area contributed by atoms with Crippen molar-refractivity contribution in [1.82, 2.24) is 4.98 Å². The summed E-state index contributed by atoms with van der Waals surface area (Å²) in [5.41, 5.74) is 1.24. The second kappa shape index (κ2) is 7.50. The van der Waals surface area contributed by atoms with E-state index >= 15 is 0 Å². The van der Waals surface area contributed by atoms with Crippen LogP contribution < -0.4 is 15.0 Å². The minimum Gasteiger partial charge on any atom is -0.437 e. The number of benzene rings is 2. The average Bonchev–Trinajstić information content (AvgIpc) is 2.61. The Kier molecular flexibility index (Phi) is 5.24. The summed E-state index contributed by atoms with van der Waals surface area (Å²) in [6, 6.07) is 9.87. The largest absolute Gasteiger partial charge is 0.437 e. The first kappa shape index (κ1) is 20.3. The molecule has 0 unspecified atom stereocenters. The van der Waals surface area contributed by atoms with Crippen molar-refractivity contribution in [2.75, 3.05) is 0 Å². The van der Waals surface area contributed by atoms with Crippen molar-refractivity contribution in [3.63, 3.8) is 0 Å². The standard InChI is InChI=1S/C22H21NO6/c1-12(24)27-18-8-6-14(10-19(18)28-13(2)25)21-23-20(26)16-11-15(22(3,4)5)7-9-17(16)29-21/h6-11H,1-5H3. The van der Waals surface area contributed by atoms with Crippen LogP contribution in [0.15, 0.2) is 45.6 Å². The fourth-order valence-electron chi connectivity index (χ4n) is 2.77. The Morgan fingerprint density at radius 2 is 1.59 bits per heavy atom. The van der Waals surface area contributed by atoms with Crippen LogP contribution in [-0.2, 0) is 15.0 Å². The van der Waals surface area contributed by atoms with Crippen LogP contribution in [0, 0.1) is 0 Å². The molecule has 2 aromatic carbocycles. The normalized spacial score (nSPS) is 11.3. The van der Waals surface area contributed by atoms with Crippen LogP contribution in [0.1, 0.15) is 40.2 Å². The first-order chi connectivity index (χ1) is 13.5. The Hall–Kier alpha value is -3.48. The number of hydrogen-bond acceptors (Lipinski definition) is 7. The molecule has 0 N–H and O–H groups in total. The molecule has 0 radical (unpaired) electrons. The lowest BCUT2D eigenvalue weighted by Crippen LogP contribution is -2.13. The molecule has 0 atom stereocenters. The van der Waals surface area contributed by atoms with E-state index in [2.05, 4.69) is 25.8 Å². The first-order valence-corrected chi connectivity index (χ1v) is 9.01. The van der Waals surface area contributed by atoms with Crippen molar-refractivity contribution in [3.8, 4) is 23.0 Å². The summed E-state index contributed by atoms with van der Waals surface area (Å²) in [5.74, 6) is -0.977. The summed E-state index contributed by atoms with van der Waals surface area (Å²) in [4.78, 5) is 39.3. The summed E-state index contributed by atoms with van der Waals surface area (Å²) in [7, 11) is 0. The number of carbonyl (C=O) groups is 2. The van der Waals surface area contributed by atoms with Crippen LogP contribution >= 0.6 is 0 Å². The minimum absolute atomic E-state index is 0.0258. The van der Waals surface area contributed by atoms with Gasteiger partial charge in [-0.3, -0.25) is 14.4 Å². The van der Waals surface area contributed by atoms with E-state index < -0.39 is 17.5 Å². The SMILES string of the molecule is CC(=O)Oc1ccc(-c2nc(=O)c3cc(C(C)(C)C)ccc3o2)cc1OC(C)=O. The molecule has 7 heteroatoms. The summed E-state index contributed by atoms with van der Waals surface area (Å²) in [5, 5.41) is 0.387. The van der Waals surface area contributed by atoms with E-state index in [0.29, 0.717) is 16.5 Å². The summed E-state index contributed by atoms with van der Waals surface area (Å²) in [6.45, 7) is 8.63. The van der Waals surface area contributed by atoms with Gasteiger partial charge in [-0.25, -0.2) is 0 Å². The van der Waals surface area contributed by atoms with E-state index in [1.807, 2.05) is 6.07 Å². The van der Waals surface area contributed by atoms with Gasteiger partial charge in [-0.15, -0.1) is 0 Å². The molecule has 29 heavy (non-hydrogen) atoms. The molecule has 0 aliphatic rings. The first-order valence-electron chi connectivity index (χ1n) is 9.01. The second-order valence-corrected chi connectivity index (χ2v) is 7.63. The van der Waals surface area contributed by atoms with Crippen LogP contribution in [0.2, 0.25) is 0 Å². The quantitative estimate of drug-likeness (QED) is 0.488. The van der Waals surface area contributed by atoms with Crippen molar-refractivity contribution >= 4 is 22.9 Å². The number of ether oxygens (including phenoxy) is 2. The third-order valence-electron chi connectivity index (χ3n) is 4.18. The molecule has 0 saturated carbocycles. The van der Waals surface area contributed by atoms with Crippen molar-refractivity contribution < 1.29 is 23.5 Å². The van der Waals surface area contributed by atoms with E-state index in [0.717, 1.165) is 5.56 Å². The third-order valence-corrected chi connectivity index (χ3v) is 4.18. The maximum atomic E-state index is 12.6. The van der Waals surface area contributed by atoms with E-state index in [1.165, 1.54) is 26.0 Å². The fourth-order valence-corrected chi connectivity index (χ4v) is 2.77. The van der Waals surface area contributed by atoms with E-state index in [9.17, 15) is 14.4 Å². The van der Waals surface area contributed by atoms with Gasteiger partial charge in [0.1, 0.15) is 5.58 Å². The Balaban J connectivity index is 2.11. The number of rotatable bonds is 3. The van der Waals surface area contributed by atoms with E-state index in [1.54, 1.807) is 18.2 Å². The molecule has 0 saturated heterocycles. The predicted octanol–water partition coefficient (Wildman–Crippen LogP) is 4.00. The van der Waals surface area contributed by atoms with Gasteiger partial charge >= 0.3 is 11.9 Å². The number of hydrogen-bond donors (Lipinski definition) is 0. The summed E-state index contributed by atoms with van der Waals surface area (Å²) in [6.07, 6.45) is 0. The molecule has 0 spiro atoms. The lowest BCUT2D eigenvalue weighted by molar-refractivity contribution is -0.134. The smallest absolute Gasteiger partial charge is 0.308 e. The van der Waals surface area contributed by atoms with Gasteiger partial charge in [0.05, 0.1) is 5.39 Å². The molecule has 7 nitrogen and oxygen atoms in total. The van der Waals surface area contributed by atoms with Gasteiger partial charge < -0.3 is 13.9 Å². The zero-order valence-electron chi connectivity index (χ0n) is 16.9. The monoisotopic (exact) mass is 395 g/mol. The maximum Gasteiger partial charge on any atom is 0.308 e. The van der Waals surface area contributed by atoms with Crippen LogP contribution in [0.5, 0.6) is 11.5 Å². The van der Waals surface area contributed by atoms with Crippen molar-refractivity contribution in [1.29, 1.82) is 0 Å². The number of carbonyl (C=O) groups excluding carboxylic acids is 2. The van der Waals surface area contributed by atoms with Crippen LogP contribution in [0.4, 0.5) is 0 Å². The molecule has 0 fully saturated rings. The number of aromatic nitrogens is 1. The summed E-state index contributed by atoms with van der Waals surface area (Å²) >= 11 is 0. The lowest BCUT2D eigenvalue weighted by Gasteiger charge is -2.19. The highest BCUT2D eigenvalue weighted by molar-refractivity contribution is 5.79. The number of fused-ring (bicyclic) bond motifs is 1. The van der Waals surface area contributed by atoms with Gasteiger partial charge in [0, 0.05) is 19.4 Å². The Bertz CT molecular complexity index is 1170. The molecular weight excluding hydrogens is 374 g/mol. The Morgan fingerprint density at radius 1 is 0.931 bits per heavy atom. The van der Waals surface area contributed by atoms with Crippen molar-refractivity contribution in [2.45, 2.75) is 40.0 Å². The maximum absolute atomic E-state index is 12.6. The van der Waals surface area contributed by atoms with Crippen molar-refractivity contribution in [2.24, 2.45) is 0 Å². The van der Waals surface area contributed by atoms with Crippen LogP contribution in [0.25, 0.3) is 22.4 Å². The lowest BCUT2D eigenvalue weighted by atomic mass is 9.86. The van der Waals surface area contributed by atoms with Crippen LogP contribution in [0.3, 0.4) is 0 Å². The predicted molar refractivity (Wildman–Crippen MR) is 107 cm³/mol. The fraction of sp³-hybridized carbons (Fsp3) is 0.273. The zero-order chi connectivity index (χ0) is 21.3. The van der Waals surface area contributed by atoms with Gasteiger partial charge in [0.25, 0.3) is 5.56 Å². The molecule has 0 amide bonds. The highest BCUT2D eigenvalue weighted by Gasteiger charge is 2.18. The van der Waals surface area contributed by atoms with E-state index in [-0.39, 0.29) is 22.8 Å². The van der Waals surface area contributed by atoms with Gasteiger partial charge in [-0.05, 0) is 41.3 Å². The molecule has 0 aliphatic heterocycles. The minimum atomic E-state index is -0.585. The van der Waals surface area contributed by atoms with Gasteiger partial charge in [-0.2, -0.15) is 4.98 Å². The third kappa shape index (κ3) is 4.51. The second-order valence-electron chi connectivity index (χ2n) is 7.63. The molecular formula is C22H21NO6. The molecule has 1 aromatic heterocycles. The summed E-state index contributed by atoms with van der Waals surface area (Å²) < 4.78 is 16.0.